The van der Waals surface area contributed by atoms with Crippen LogP contribution in [-0.4, -0.2) is 43.8 Å². The lowest BCUT2D eigenvalue weighted by atomic mass is 10.0. The Balaban J connectivity index is 1.84. The molecule has 4 aromatic rings. The number of anilines is 1. The number of aryl methyl sites for hydroxylation is 1. The monoisotopic (exact) mass is 683 g/mol. The molecule has 0 radical (unpaired) electrons. The zero-order valence-corrected chi connectivity index (χ0v) is 28.1. The van der Waals surface area contributed by atoms with Crippen molar-refractivity contribution in [1.82, 2.24) is 10.2 Å². The second-order valence-electron chi connectivity index (χ2n) is 11.1. The van der Waals surface area contributed by atoms with E-state index < -0.39 is 40.2 Å². The number of nitrogens with one attached hydrogen (secondary N) is 1. The Labute approximate surface area is 280 Å². The molecule has 0 spiro atoms. The van der Waals surface area contributed by atoms with Crippen molar-refractivity contribution in [3.8, 4) is 0 Å². The minimum absolute atomic E-state index is 0.114. The van der Waals surface area contributed by atoms with E-state index in [9.17, 15) is 18.0 Å². The van der Waals surface area contributed by atoms with Gasteiger partial charge in [0.2, 0.25) is 11.8 Å². The Bertz CT molecular complexity index is 1770. The van der Waals surface area contributed by atoms with Gasteiger partial charge in [0.05, 0.1) is 10.6 Å². The van der Waals surface area contributed by atoms with E-state index in [2.05, 4.69) is 5.32 Å². The van der Waals surface area contributed by atoms with Crippen molar-refractivity contribution in [3.05, 3.63) is 130 Å². The van der Waals surface area contributed by atoms with E-state index in [0.29, 0.717) is 17.0 Å². The van der Waals surface area contributed by atoms with Crippen LogP contribution in [0.3, 0.4) is 0 Å². The lowest BCUT2D eigenvalue weighted by Crippen LogP contribution is -2.54. The van der Waals surface area contributed by atoms with Gasteiger partial charge >= 0.3 is 0 Å². The van der Waals surface area contributed by atoms with Gasteiger partial charge in [-0.3, -0.25) is 13.9 Å². The number of nitrogens with zero attached hydrogens (tertiary/aromatic N) is 2. The van der Waals surface area contributed by atoms with Gasteiger partial charge in [0.1, 0.15) is 18.4 Å². The first kappa shape index (κ1) is 34.9. The Morgan fingerprint density at radius 1 is 0.913 bits per heavy atom. The van der Waals surface area contributed by atoms with Crippen molar-refractivity contribution < 1.29 is 22.4 Å². The van der Waals surface area contributed by atoms with Gasteiger partial charge in [0.25, 0.3) is 10.0 Å². The third-order valence-corrected chi connectivity index (χ3v) is 10.00. The minimum Gasteiger partial charge on any atom is -0.352 e. The predicted molar refractivity (Wildman–Crippen MR) is 181 cm³/mol. The molecule has 0 saturated carbocycles. The summed E-state index contributed by atoms with van der Waals surface area (Å²) in [6, 6.07) is 24.1. The second-order valence-corrected chi connectivity index (χ2v) is 13.8. The normalized spacial score (nSPS) is 12.7. The molecule has 0 aliphatic rings. The molecule has 0 bridgehead atoms. The highest BCUT2D eigenvalue weighted by Gasteiger charge is 2.36. The molecular weight excluding hydrogens is 648 g/mol. The van der Waals surface area contributed by atoms with E-state index in [4.69, 9.17) is 23.2 Å². The number of carbonyl (C=O) groups excluding carboxylic acids is 2. The summed E-state index contributed by atoms with van der Waals surface area (Å²) in [5.41, 5.74) is 1.80. The van der Waals surface area contributed by atoms with Gasteiger partial charge in [-0.05, 0) is 67.8 Å². The SMILES string of the molecule is CC[C@H](C)NC(=O)[C@H](Cc1ccccc1)N(Cc1ccc(Cl)cc1Cl)C(=O)CN(c1ccccc1F)S(=O)(=O)c1ccc(C)cc1. The molecular formula is C35H36Cl2FN3O4S. The quantitative estimate of drug-likeness (QED) is 0.162. The van der Waals surface area contributed by atoms with Crippen molar-refractivity contribution in [3.63, 3.8) is 0 Å². The molecule has 11 heteroatoms. The van der Waals surface area contributed by atoms with Gasteiger partial charge in [-0.1, -0.05) is 96.4 Å². The fourth-order valence-electron chi connectivity index (χ4n) is 4.83. The van der Waals surface area contributed by atoms with Crippen LogP contribution in [0, 0.1) is 12.7 Å². The number of hydrogen-bond acceptors (Lipinski definition) is 4. The molecule has 0 saturated heterocycles. The number of amides is 2. The van der Waals surface area contributed by atoms with Crippen LogP contribution >= 0.6 is 23.2 Å². The van der Waals surface area contributed by atoms with Gasteiger partial charge in [-0.25, -0.2) is 12.8 Å². The van der Waals surface area contributed by atoms with Crippen molar-refractivity contribution >= 4 is 50.7 Å². The fraction of sp³-hybridized carbons (Fsp3) is 0.257. The Hall–Kier alpha value is -3.92. The average molecular weight is 685 g/mol. The van der Waals surface area contributed by atoms with Crippen LogP contribution in [0.2, 0.25) is 10.0 Å². The van der Waals surface area contributed by atoms with Crippen molar-refractivity contribution in [2.24, 2.45) is 0 Å². The molecule has 0 aliphatic heterocycles. The van der Waals surface area contributed by atoms with E-state index in [1.807, 2.05) is 51.1 Å². The summed E-state index contributed by atoms with van der Waals surface area (Å²) in [4.78, 5) is 29.6. The molecule has 46 heavy (non-hydrogen) atoms. The maximum atomic E-state index is 15.3. The van der Waals surface area contributed by atoms with Crippen LogP contribution in [-0.2, 0) is 32.6 Å². The molecule has 2 amide bonds. The second kappa shape index (κ2) is 15.6. The Morgan fingerprint density at radius 3 is 2.20 bits per heavy atom. The highest BCUT2D eigenvalue weighted by atomic mass is 35.5. The molecule has 0 heterocycles. The topological polar surface area (TPSA) is 86.8 Å². The first-order valence-corrected chi connectivity index (χ1v) is 17.0. The molecule has 7 nitrogen and oxygen atoms in total. The lowest BCUT2D eigenvalue weighted by molar-refractivity contribution is -0.140. The van der Waals surface area contributed by atoms with Gasteiger partial charge in [-0.2, -0.15) is 0 Å². The number of para-hydroxylation sites is 1. The van der Waals surface area contributed by atoms with E-state index in [0.717, 1.165) is 21.5 Å². The zero-order valence-electron chi connectivity index (χ0n) is 25.8. The van der Waals surface area contributed by atoms with Crippen molar-refractivity contribution in [1.29, 1.82) is 0 Å². The van der Waals surface area contributed by atoms with Gasteiger partial charge in [0, 0.05) is 29.1 Å². The van der Waals surface area contributed by atoms with Crippen LogP contribution in [0.5, 0.6) is 0 Å². The molecule has 2 atom stereocenters. The zero-order chi connectivity index (χ0) is 33.4. The molecule has 4 aromatic carbocycles. The third-order valence-electron chi connectivity index (χ3n) is 7.64. The maximum absolute atomic E-state index is 15.3. The highest BCUT2D eigenvalue weighted by molar-refractivity contribution is 7.92. The van der Waals surface area contributed by atoms with Crippen LogP contribution < -0.4 is 9.62 Å². The summed E-state index contributed by atoms with van der Waals surface area (Å²) in [6.45, 7) is 4.66. The van der Waals surface area contributed by atoms with E-state index in [-0.39, 0.29) is 34.6 Å². The summed E-state index contributed by atoms with van der Waals surface area (Å²) in [5, 5.41) is 3.63. The smallest absolute Gasteiger partial charge is 0.264 e. The Morgan fingerprint density at radius 2 is 1.57 bits per heavy atom. The number of sulfonamides is 1. The lowest BCUT2D eigenvalue weighted by Gasteiger charge is -2.34. The number of rotatable bonds is 13. The molecule has 0 aliphatic carbocycles. The Kier molecular flexibility index (Phi) is 11.8. The molecule has 1 N–H and O–H groups in total. The van der Waals surface area contributed by atoms with E-state index in [1.165, 1.54) is 41.3 Å². The molecule has 242 valence electrons. The van der Waals surface area contributed by atoms with Crippen molar-refractivity contribution in [2.45, 2.75) is 57.1 Å². The summed E-state index contributed by atoms with van der Waals surface area (Å²) in [7, 11) is -4.43. The number of hydrogen-bond donors (Lipinski definition) is 1. The molecule has 0 aromatic heterocycles. The van der Waals surface area contributed by atoms with E-state index in [1.54, 1.807) is 24.3 Å². The summed E-state index contributed by atoms with van der Waals surface area (Å²) in [5.74, 6) is -1.98. The van der Waals surface area contributed by atoms with Gasteiger partial charge < -0.3 is 10.2 Å². The van der Waals surface area contributed by atoms with Crippen molar-refractivity contribution in [2.75, 3.05) is 10.8 Å². The average Bonchev–Trinajstić information content (AvgIpc) is 3.03. The first-order chi connectivity index (χ1) is 21.9. The van der Waals surface area contributed by atoms with Crippen LogP contribution in [0.4, 0.5) is 10.1 Å². The number of benzene rings is 4. The minimum atomic E-state index is -4.43. The number of carbonyl (C=O) groups is 2. The molecule has 0 unspecified atom stereocenters. The number of halogens is 3. The summed E-state index contributed by atoms with van der Waals surface area (Å²) in [6.07, 6.45) is 0.779. The summed E-state index contributed by atoms with van der Waals surface area (Å²) < 4.78 is 44.1. The molecule has 4 rings (SSSR count). The fourth-order valence-corrected chi connectivity index (χ4v) is 6.72. The maximum Gasteiger partial charge on any atom is 0.264 e. The largest absolute Gasteiger partial charge is 0.352 e. The van der Waals surface area contributed by atoms with Gasteiger partial charge in [0.15, 0.2) is 0 Å². The van der Waals surface area contributed by atoms with Crippen LogP contribution in [0.15, 0.2) is 102 Å². The highest BCUT2D eigenvalue weighted by Crippen LogP contribution is 2.29. The van der Waals surface area contributed by atoms with Crippen LogP contribution in [0.1, 0.15) is 37.0 Å². The predicted octanol–water partition coefficient (Wildman–Crippen LogP) is 7.19. The third kappa shape index (κ3) is 8.66. The standard InChI is InChI=1S/C35H36Cl2FN3O4S/c1-4-25(3)39-35(43)33(20-26-10-6-5-7-11-26)40(22-27-16-17-28(36)21-30(27)37)34(42)23-41(32-13-9-8-12-31(32)38)46(44,45)29-18-14-24(2)15-19-29/h5-19,21,25,33H,4,20,22-23H2,1-3H3,(H,39,43)/t25-,33-/m0/s1. The van der Waals surface area contributed by atoms with Crippen LogP contribution in [0.25, 0.3) is 0 Å². The van der Waals surface area contributed by atoms with Gasteiger partial charge in [-0.15, -0.1) is 0 Å². The molecule has 0 fully saturated rings. The summed E-state index contributed by atoms with van der Waals surface area (Å²) >= 11 is 12.7. The first-order valence-electron chi connectivity index (χ1n) is 14.8. The van der Waals surface area contributed by atoms with E-state index >= 15 is 4.39 Å².